The molecule has 0 aliphatic carbocycles. The van der Waals surface area contributed by atoms with E-state index in [9.17, 15) is 0 Å². The maximum atomic E-state index is 5.53. The Labute approximate surface area is 101 Å². The minimum atomic E-state index is 0.484. The first-order chi connectivity index (χ1) is 8.20. The van der Waals surface area contributed by atoms with E-state index >= 15 is 0 Å². The van der Waals surface area contributed by atoms with Gasteiger partial charge in [-0.25, -0.2) is 0 Å². The van der Waals surface area contributed by atoms with Crippen molar-refractivity contribution in [2.24, 2.45) is 5.73 Å². The van der Waals surface area contributed by atoms with Crippen molar-refractivity contribution in [3.63, 3.8) is 0 Å². The smallest absolute Gasteiger partial charge is 0.0702 e. The molecule has 2 rings (SSSR count). The van der Waals surface area contributed by atoms with E-state index in [1.807, 2.05) is 37.4 Å². The van der Waals surface area contributed by atoms with Crippen LogP contribution in [0.15, 0.2) is 54.8 Å². The molecule has 0 spiro atoms. The number of rotatable bonds is 3. The topological polar surface area (TPSA) is 38.9 Å². The lowest BCUT2D eigenvalue weighted by Crippen LogP contribution is -1.99. The first-order valence-electron chi connectivity index (χ1n) is 5.62. The highest BCUT2D eigenvalue weighted by Gasteiger charge is 1.99. The zero-order valence-corrected chi connectivity index (χ0v) is 9.98. The van der Waals surface area contributed by atoms with Gasteiger partial charge in [0.1, 0.15) is 0 Å². The first-order valence-corrected chi connectivity index (χ1v) is 5.62. The van der Waals surface area contributed by atoms with Crippen LogP contribution in [0.2, 0.25) is 0 Å². The number of hydrogen-bond donors (Lipinski definition) is 1. The maximum Gasteiger partial charge on any atom is 0.0702 e. The predicted molar refractivity (Wildman–Crippen MR) is 73.6 cm³/mol. The quantitative estimate of drug-likeness (QED) is 0.813. The lowest BCUT2D eigenvalue weighted by molar-refractivity contribution is 1.19. The molecular weight excluding hydrogens is 208 g/mol. The summed E-state index contributed by atoms with van der Waals surface area (Å²) in [5.41, 5.74) is 9.72. The van der Waals surface area contributed by atoms with E-state index in [0.29, 0.717) is 6.54 Å². The van der Waals surface area contributed by atoms with Crippen molar-refractivity contribution in [1.82, 2.24) is 4.98 Å². The van der Waals surface area contributed by atoms with Gasteiger partial charge in [0, 0.05) is 18.1 Å². The highest BCUT2D eigenvalue weighted by molar-refractivity contribution is 5.82. The van der Waals surface area contributed by atoms with E-state index in [4.69, 9.17) is 5.73 Å². The second-order valence-corrected chi connectivity index (χ2v) is 4.11. The molecule has 86 valence electrons. The average Bonchev–Trinajstić information content (AvgIpc) is 2.38. The molecule has 0 saturated carbocycles. The van der Waals surface area contributed by atoms with Gasteiger partial charge in [0.2, 0.25) is 0 Å². The molecule has 0 saturated heterocycles. The van der Waals surface area contributed by atoms with Gasteiger partial charge in [-0.15, -0.1) is 0 Å². The van der Waals surface area contributed by atoms with E-state index in [2.05, 4.69) is 23.7 Å². The highest BCUT2D eigenvalue weighted by atomic mass is 14.6. The van der Waals surface area contributed by atoms with E-state index in [-0.39, 0.29) is 0 Å². The normalized spacial score (nSPS) is 11.8. The largest absolute Gasteiger partial charge is 0.327 e. The molecule has 2 aromatic rings. The van der Waals surface area contributed by atoms with Crippen LogP contribution < -0.4 is 5.73 Å². The Kier molecular flexibility index (Phi) is 3.35. The molecule has 1 heterocycles. The number of nitrogens with zero attached hydrogens (tertiary/aromatic N) is 1. The second-order valence-electron chi connectivity index (χ2n) is 4.11. The van der Waals surface area contributed by atoms with E-state index in [0.717, 1.165) is 27.6 Å². The minimum absolute atomic E-state index is 0.484. The third-order valence-electron chi connectivity index (χ3n) is 2.73. The highest BCUT2D eigenvalue weighted by Crippen LogP contribution is 2.19. The molecule has 2 heteroatoms. The van der Waals surface area contributed by atoms with Crippen molar-refractivity contribution >= 4 is 16.5 Å². The number of fused-ring (bicyclic) bond motifs is 1. The summed E-state index contributed by atoms with van der Waals surface area (Å²) in [5.74, 6) is 0. The van der Waals surface area contributed by atoms with Crippen LogP contribution in [0.5, 0.6) is 0 Å². The van der Waals surface area contributed by atoms with Gasteiger partial charge in [0.05, 0.1) is 5.52 Å². The number of para-hydroxylation sites is 1. The number of aromatic nitrogens is 1. The van der Waals surface area contributed by atoms with Gasteiger partial charge in [-0.2, -0.15) is 0 Å². The predicted octanol–water partition coefficient (Wildman–Crippen LogP) is 3.15. The molecule has 0 aliphatic heterocycles. The Morgan fingerprint density at radius 3 is 2.94 bits per heavy atom. The van der Waals surface area contributed by atoms with Crippen molar-refractivity contribution in [3.8, 4) is 0 Å². The molecule has 1 aromatic carbocycles. The van der Waals surface area contributed by atoms with Gasteiger partial charge in [0.25, 0.3) is 0 Å². The van der Waals surface area contributed by atoms with Crippen molar-refractivity contribution < 1.29 is 0 Å². The Hall–Kier alpha value is -1.93. The molecule has 0 unspecified atom stereocenters. The third kappa shape index (κ3) is 2.60. The molecule has 0 bridgehead atoms. The first kappa shape index (κ1) is 11.6. The van der Waals surface area contributed by atoms with Crippen LogP contribution in [0, 0.1) is 0 Å². The van der Waals surface area contributed by atoms with Gasteiger partial charge in [-0.1, -0.05) is 30.9 Å². The number of pyridine rings is 1. The molecule has 2 N–H and O–H groups in total. The Bertz CT molecular complexity index is 582. The standard InChI is InChI=1S/C15H16N2/c1-11(9-16)7-12(2)14-8-13-5-3-4-6-15(13)17-10-14/h3-8,10H,1,9,16H2,2H3. The number of benzene rings is 1. The van der Waals surface area contributed by atoms with Crippen molar-refractivity contribution in [2.45, 2.75) is 6.92 Å². The Morgan fingerprint density at radius 2 is 2.18 bits per heavy atom. The molecule has 17 heavy (non-hydrogen) atoms. The molecule has 0 fully saturated rings. The lowest BCUT2D eigenvalue weighted by Gasteiger charge is -2.04. The van der Waals surface area contributed by atoms with Gasteiger partial charge in [-0.3, -0.25) is 4.98 Å². The zero-order valence-electron chi connectivity index (χ0n) is 9.98. The number of hydrogen-bond acceptors (Lipinski definition) is 2. The second kappa shape index (κ2) is 4.93. The number of allylic oxidation sites excluding steroid dienone is 1. The van der Waals surface area contributed by atoms with Crippen LogP contribution in [0.3, 0.4) is 0 Å². The van der Waals surface area contributed by atoms with Gasteiger partial charge < -0.3 is 5.73 Å². The van der Waals surface area contributed by atoms with Crippen LogP contribution in [0.25, 0.3) is 16.5 Å². The summed E-state index contributed by atoms with van der Waals surface area (Å²) in [5, 5.41) is 1.15. The Morgan fingerprint density at radius 1 is 1.41 bits per heavy atom. The minimum Gasteiger partial charge on any atom is -0.327 e. The van der Waals surface area contributed by atoms with E-state index in [1.165, 1.54) is 0 Å². The molecule has 1 aromatic heterocycles. The SMILES string of the molecule is C=C(C=C(C)c1cnc2ccccc2c1)CN. The molecule has 0 aliphatic rings. The lowest BCUT2D eigenvalue weighted by atomic mass is 10.0. The summed E-state index contributed by atoms with van der Waals surface area (Å²) in [4.78, 5) is 4.43. The van der Waals surface area contributed by atoms with Crippen LogP contribution in [-0.4, -0.2) is 11.5 Å². The van der Waals surface area contributed by atoms with E-state index < -0.39 is 0 Å². The summed E-state index contributed by atoms with van der Waals surface area (Å²) in [6, 6.07) is 10.2. The summed E-state index contributed by atoms with van der Waals surface area (Å²) in [6.45, 7) is 6.41. The molecule has 0 atom stereocenters. The van der Waals surface area contributed by atoms with Crippen LogP contribution in [0.1, 0.15) is 12.5 Å². The van der Waals surface area contributed by atoms with Crippen molar-refractivity contribution in [3.05, 3.63) is 60.3 Å². The monoisotopic (exact) mass is 224 g/mol. The fourth-order valence-electron chi connectivity index (χ4n) is 1.74. The van der Waals surface area contributed by atoms with Crippen molar-refractivity contribution in [2.75, 3.05) is 6.54 Å². The van der Waals surface area contributed by atoms with Crippen LogP contribution in [-0.2, 0) is 0 Å². The molecule has 0 amide bonds. The fourth-order valence-corrected chi connectivity index (χ4v) is 1.74. The summed E-state index contributed by atoms with van der Waals surface area (Å²) in [6.07, 6.45) is 3.89. The Balaban J connectivity index is 2.43. The van der Waals surface area contributed by atoms with Gasteiger partial charge in [0.15, 0.2) is 0 Å². The van der Waals surface area contributed by atoms with Crippen LogP contribution >= 0.6 is 0 Å². The zero-order chi connectivity index (χ0) is 12.3. The third-order valence-corrected chi connectivity index (χ3v) is 2.73. The summed E-state index contributed by atoms with van der Waals surface area (Å²) in [7, 11) is 0. The average molecular weight is 224 g/mol. The molecular formula is C15H16N2. The number of nitrogens with two attached hydrogens (primary N) is 1. The van der Waals surface area contributed by atoms with Gasteiger partial charge in [-0.05, 0) is 35.8 Å². The molecule has 0 radical (unpaired) electrons. The molecule has 2 nitrogen and oxygen atoms in total. The van der Waals surface area contributed by atoms with E-state index in [1.54, 1.807) is 0 Å². The summed E-state index contributed by atoms with van der Waals surface area (Å²) >= 11 is 0. The fraction of sp³-hybridized carbons (Fsp3) is 0.133. The van der Waals surface area contributed by atoms with Gasteiger partial charge >= 0.3 is 0 Å². The van der Waals surface area contributed by atoms with Crippen LogP contribution in [0.4, 0.5) is 0 Å². The summed E-state index contributed by atoms with van der Waals surface area (Å²) < 4.78 is 0. The van der Waals surface area contributed by atoms with Crippen molar-refractivity contribution in [1.29, 1.82) is 0 Å². The maximum absolute atomic E-state index is 5.53.